The molecule has 4 heterocycles. The van der Waals surface area contributed by atoms with Crippen molar-refractivity contribution in [3.63, 3.8) is 0 Å². The average molecular weight is 961 g/mol. The van der Waals surface area contributed by atoms with E-state index in [2.05, 4.69) is 253 Å². The minimum Gasteiger partial charge on any atom is -0.452 e. The van der Waals surface area contributed by atoms with Crippen molar-refractivity contribution in [1.29, 1.82) is 0 Å². The van der Waals surface area contributed by atoms with Crippen molar-refractivity contribution in [2.24, 2.45) is 0 Å². The third-order valence-electron chi connectivity index (χ3n) is 14.1. The molecule has 0 aliphatic carbocycles. The second-order valence-electron chi connectivity index (χ2n) is 22.8. The molecule has 0 amide bonds. The molecule has 1 fully saturated rings. The van der Waals surface area contributed by atoms with Gasteiger partial charge >= 0.3 is 21.4 Å². The van der Waals surface area contributed by atoms with Gasteiger partial charge in [0.2, 0.25) is 0 Å². The SMILES string of the molecule is CC(C)(C)B1OB(c2cccc(-c3ccccc3)c2N2CN(c3cccc(COCc4ccc5c6cc(-c7ccccc7)ccc6n(-c6cc(C(C)(C)C)ccn6)c5c4)c3)c3ccccc32)OB(C(C)(C)C)O1. The van der Waals surface area contributed by atoms with Gasteiger partial charge < -0.3 is 28.3 Å². The summed E-state index contributed by atoms with van der Waals surface area (Å²) in [5, 5.41) is 1.81. The molecule has 0 spiro atoms. The molecule has 7 aromatic carbocycles. The van der Waals surface area contributed by atoms with Crippen molar-refractivity contribution >= 4 is 71.4 Å². The first-order valence-corrected chi connectivity index (χ1v) is 25.6. The fraction of sp³-hybridized carbons (Fsp3) is 0.242. The highest BCUT2D eigenvalue weighted by molar-refractivity contribution is 6.81. The predicted molar refractivity (Wildman–Crippen MR) is 305 cm³/mol. The Hall–Kier alpha value is -6.88. The Morgan fingerprint density at radius 3 is 1.85 bits per heavy atom. The molecule has 2 aliphatic heterocycles. The van der Waals surface area contributed by atoms with E-state index in [4.69, 9.17) is 23.4 Å². The average Bonchev–Trinajstić information content (AvgIpc) is 3.94. The summed E-state index contributed by atoms with van der Waals surface area (Å²) >= 11 is 0. The van der Waals surface area contributed by atoms with Crippen LogP contribution in [0.2, 0.25) is 10.6 Å². The first kappa shape index (κ1) is 48.4. The Bertz CT molecular complexity index is 3430. The van der Waals surface area contributed by atoms with Crippen molar-refractivity contribution in [3.05, 3.63) is 199 Å². The number of ether oxygens (including phenoxy) is 1. The van der Waals surface area contributed by atoms with Gasteiger partial charge in [0.1, 0.15) is 12.5 Å². The van der Waals surface area contributed by atoms with E-state index in [0.717, 1.165) is 67.3 Å². The zero-order valence-electron chi connectivity index (χ0n) is 43.6. The number of hydrogen-bond acceptors (Lipinski definition) is 7. The molecule has 0 bridgehead atoms. The number of fused-ring (bicyclic) bond motifs is 4. The molecule has 8 nitrogen and oxygen atoms in total. The van der Waals surface area contributed by atoms with Gasteiger partial charge in [-0.05, 0) is 104 Å². The molecule has 11 heteroatoms. The van der Waals surface area contributed by atoms with Crippen LogP contribution in [0, 0.1) is 0 Å². The van der Waals surface area contributed by atoms with Crippen molar-refractivity contribution in [3.8, 4) is 28.1 Å². The molecule has 0 saturated carbocycles. The summed E-state index contributed by atoms with van der Waals surface area (Å²) < 4.78 is 29.1. The van der Waals surface area contributed by atoms with Gasteiger partial charge in [-0.1, -0.05) is 184 Å². The summed E-state index contributed by atoms with van der Waals surface area (Å²) in [5.41, 5.74) is 15.5. The van der Waals surface area contributed by atoms with Crippen LogP contribution in [-0.4, -0.2) is 37.6 Å². The van der Waals surface area contributed by atoms with Crippen LogP contribution < -0.4 is 15.3 Å². The van der Waals surface area contributed by atoms with Gasteiger partial charge in [-0.15, -0.1) is 0 Å². The van der Waals surface area contributed by atoms with Crippen molar-refractivity contribution < 1.29 is 18.5 Å². The lowest BCUT2D eigenvalue weighted by Gasteiger charge is -2.41. The number of rotatable bonds is 10. The predicted octanol–water partition coefficient (Wildman–Crippen LogP) is 15.1. The summed E-state index contributed by atoms with van der Waals surface area (Å²) in [5.74, 6) is 0.908. The number of pyridine rings is 1. The summed E-state index contributed by atoms with van der Waals surface area (Å²) in [6.07, 6.45) is 1.94. The van der Waals surface area contributed by atoms with Crippen LogP contribution >= 0.6 is 0 Å². The third kappa shape index (κ3) is 9.63. The van der Waals surface area contributed by atoms with Gasteiger partial charge in [0.15, 0.2) is 0 Å². The van der Waals surface area contributed by atoms with Crippen LogP contribution in [0.4, 0.5) is 22.7 Å². The van der Waals surface area contributed by atoms with E-state index in [-0.39, 0.29) is 16.0 Å². The number of benzene rings is 7. The van der Waals surface area contributed by atoms with E-state index >= 15 is 0 Å². The molecule has 364 valence electrons. The van der Waals surface area contributed by atoms with Crippen molar-refractivity contribution in [1.82, 2.24) is 9.55 Å². The monoisotopic (exact) mass is 961 g/mol. The molecule has 2 aliphatic rings. The first-order chi connectivity index (χ1) is 35.1. The molecule has 1 saturated heterocycles. The van der Waals surface area contributed by atoms with Gasteiger partial charge in [0, 0.05) is 33.7 Å². The largest absolute Gasteiger partial charge is 0.468 e. The van der Waals surface area contributed by atoms with E-state index in [0.29, 0.717) is 19.9 Å². The maximum Gasteiger partial charge on any atom is 0.468 e. The molecular weight excluding hydrogens is 897 g/mol. The lowest BCUT2D eigenvalue weighted by molar-refractivity contribution is 0.107. The van der Waals surface area contributed by atoms with E-state index in [1.54, 1.807) is 0 Å². The van der Waals surface area contributed by atoms with E-state index in [9.17, 15) is 0 Å². The van der Waals surface area contributed by atoms with Gasteiger partial charge in [-0.25, -0.2) is 4.98 Å². The normalized spacial score (nSPS) is 14.5. The van der Waals surface area contributed by atoms with Crippen LogP contribution in [0.15, 0.2) is 182 Å². The number of anilines is 4. The van der Waals surface area contributed by atoms with Crippen LogP contribution in [0.3, 0.4) is 0 Å². The number of para-hydroxylation sites is 3. The number of aromatic nitrogens is 2. The molecule has 0 radical (unpaired) electrons. The van der Waals surface area contributed by atoms with Crippen LogP contribution in [0.5, 0.6) is 0 Å². The Morgan fingerprint density at radius 2 is 1.16 bits per heavy atom. The highest BCUT2D eigenvalue weighted by Gasteiger charge is 2.52. The molecule has 11 rings (SSSR count). The molecule has 0 unspecified atom stereocenters. The van der Waals surface area contributed by atoms with E-state index < -0.39 is 21.4 Å². The molecule has 9 aromatic rings. The molecular formula is C62H63B3N4O4. The van der Waals surface area contributed by atoms with Crippen molar-refractivity contribution in [2.75, 3.05) is 16.5 Å². The van der Waals surface area contributed by atoms with Gasteiger partial charge in [0.25, 0.3) is 0 Å². The topological polar surface area (TPSA) is 61.2 Å². The van der Waals surface area contributed by atoms with Crippen LogP contribution in [-0.2, 0) is 37.1 Å². The highest BCUT2D eigenvalue weighted by Crippen LogP contribution is 2.47. The number of hydrogen-bond donors (Lipinski definition) is 0. The smallest absolute Gasteiger partial charge is 0.452 e. The summed E-state index contributed by atoms with van der Waals surface area (Å²) in [7, 11) is -1.63. The van der Waals surface area contributed by atoms with Gasteiger partial charge in [-0.3, -0.25) is 4.57 Å². The second-order valence-corrected chi connectivity index (χ2v) is 22.8. The summed E-state index contributed by atoms with van der Waals surface area (Å²) in [4.78, 5) is 9.77. The van der Waals surface area contributed by atoms with Gasteiger partial charge in [0.05, 0.1) is 41.3 Å². The van der Waals surface area contributed by atoms with Crippen LogP contribution in [0.25, 0.3) is 49.9 Å². The lowest BCUT2D eigenvalue weighted by Crippen LogP contribution is -2.59. The zero-order valence-corrected chi connectivity index (χ0v) is 43.6. The third-order valence-corrected chi connectivity index (χ3v) is 14.1. The minimum atomic E-state index is -0.671. The van der Waals surface area contributed by atoms with E-state index in [1.165, 1.54) is 27.5 Å². The Balaban J connectivity index is 0.898. The molecule has 0 atom stereocenters. The standard InChI is InChI=1S/C62H63B3N4O4/c1-60(2,3)48-34-35-66-58(39-48)69-54-33-31-47(45-21-12-10-13-22-45)38-52(54)51-32-30-44(37-57(51)69)41-70-40-43-20-18-25-49(36-43)67-42-68(56-29-17-16-28-55(56)67)59-50(46-23-14-11-15-24-46)26-19-27-53(59)63-71-64(61(4,5)6)73-65(72-63)62(7,8)9/h10-39H,40-42H2,1-9H3. The van der Waals surface area contributed by atoms with E-state index in [1.807, 2.05) is 6.20 Å². The summed E-state index contributed by atoms with van der Waals surface area (Å²) in [6, 6.07) is 63.0. The number of nitrogens with zero attached hydrogens (tertiary/aromatic N) is 4. The quantitative estimate of drug-likeness (QED) is 0.127. The van der Waals surface area contributed by atoms with Gasteiger partial charge in [-0.2, -0.15) is 0 Å². The summed E-state index contributed by atoms with van der Waals surface area (Å²) in [6.45, 7) is 21.2. The Labute approximate surface area is 432 Å². The zero-order chi connectivity index (χ0) is 50.6. The fourth-order valence-electron chi connectivity index (χ4n) is 10.2. The molecule has 0 N–H and O–H groups in total. The molecule has 2 aromatic heterocycles. The second kappa shape index (κ2) is 19.2. The highest BCUT2D eigenvalue weighted by atomic mass is 16.7. The Morgan fingerprint density at radius 1 is 0.521 bits per heavy atom. The maximum atomic E-state index is 6.83. The minimum absolute atomic E-state index is 0.0233. The lowest BCUT2D eigenvalue weighted by atomic mass is 9.50. The molecule has 73 heavy (non-hydrogen) atoms. The fourth-order valence-corrected chi connectivity index (χ4v) is 10.2. The maximum absolute atomic E-state index is 6.83. The van der Waals surface area contributed by atoms with Crippen LogP contribution in [0.1, 0.15) is 79.0 Å². The first-order valence-electron chi connectivity index (χ1n) is 25.6. The Kier molecular flexibility index (Phi) is 12.7. The van der Waals surface area contributed by atoms with Crippen molar-refractivity contribution in [2.45, 2.75) is 91.6 Å².